The predicted molar refractivity (Wildman–Crippen MR) is 63.7 cm³/mol. The first kappa shape index (κ1) is 17.1. The van der Waals surface area contributed by atoms with Crippen molar-refractivity contribution in [2.24, 2.45) is 11.0 Å². The van der Waals surface area contributed by atoms with Gasteiger partial charge in [0, 0.05) is 4.91 Å². The van der Waals surface area contributed by atoms with Crippen LogP contribution in [0, 0.1) is 5.92 Å². The molecule has 0 amide bonds. The molecule has 0 heterocycles. The summed E-state index contributed by atoms with van der Waals surface area (Å²) in [5.41, 5.74) is 8.34. The Morgan fingerprint density at radius 1 is 1.11 bits per heavy atom. The average Bonchev–Trinajstić information content (AvgIpc) is 2.18. The largest absolute Gasteiger partial charge is 0.270 e. The molecule has 9 nitrogen and oxygen atoms in total. The molecule has 0 saturated heterocycles. The lowest BCUT2D eigenvalue weighted by molar-refractivity contribution is 0.201. The molecule has 2 unspecified atom stereocenters. The Kier molecular flexibility index (Phi) is 6.57. The van der Waals surface area contributed by atoms with Crippen molar-refractivity contribution in [2.75, 3.05) is 25.7 Å². The fraction of sp³-hybridized carbons (Fsp3) is 1.00. The summed E-state index contributed by atoms with van der Waals surface area (Å²) in [6, 6.07) is -0.841. The topological polar surface area (TPSA) is 136 Å². The Morgan fingerprint density at radius 2 is 1.56 bits per heavy atom. The zero-order valence-corrected chi connectivity index (χ0v) is 11.8. The van der Waals surface area contributed by atoms with Gasteiger partial charge in [0.25, 0.3) is 20.2 Å². The molecule has 0 radical (unpaired) electrons. The highest BCUT2D eigenvalue weighted by Gasteiger charge is 2.20. The fourth-order valence-electron chi connectivity index (χ4n) is 0.913. The molecule has 0 saturated carbocycles. The summed E-state index contributed by atoms with van der Waals surface area (Å²) in [4.78, 5) is 2.55. The third kappa shape index (κ3) is 9.19. The SMILES string of the molecule is CC(COS(C)(=O)=O)C(COS(C)(=O)=O)N=[N+]=[N-]. The molecule has 0 rings (SSSR count). The second kappa shape index (κ2) is 6.90. The van der Waals surface area contributed by atoms with E-state index in [1.54, 1.807) is 6.92 Å². The standard InChI is InChI=1S/C7H15N3O6S2/c1-6(4-15-17(2,11)12)7(9-10-8)5-16-18(3,13)14/h6-7H,4-5H2,1-3H3. The molecule has 2 atom stereocenters. The van der Waals surface area contributed by atoms with E-state index in [0.29, 0.717) is 0 Å². The van der Waals surface area contributed by atoms with Crippen LogP contribution in [0.1, 0.15) is 6.92 Å². The van der Waals surface area contributed by atoms with Crippen molar-refractivity contribution >= 4 is 20.2 Å². The van der Waals surface area contributed by atoms with Crippen molar-refractivity contribution in [3.05, 3.63) is 10.4 Å². The normalized spacial score (nSPS) is 15.7. The van der Waals surface area contributed by atoms with Gasteiger partial charge in [-0.05, 0) is 11.4 Å². The third-order valence-electron chi connectivity index (χ3n) is 1.85. The van der Waals surface area contributed by atoms with Gasteiger partial charge in [0.2, 0.25) is 0 Å². The van der Waals surface area contributed by atoms with Crippen LogP contribution in [0.4, 0.5) is 0 Å². The molecule has 0 N–H and O–H groups in total. The van der Waals surface area contributed by atoms with Gasteiger partial charge < -0.3 is 0 Å². The lowest BCUT2D eigenvalue weighted by Gasteiger charge is -2.17. The molecule has 0 spiro atoms. The first-order valence-corrected chi connectivity index (χ1v) is 8.41. The van der Waals surface area contributed by atoms with Gasteiger partial charge in [0.05, 0.1) is 31.8 Å². The molecule has 106 valence electrons. The molecule has 11 heteroatoms. The van der Waals surface area contributed by atoms with Crippen LogP contribution in [0.25, 0.3) is 10.4 Å². The first-order valence-electron chi connectivity index (χ1n) is 4.78. The van der Waals surface area contributed by atoms with Crippen molar-refractivity contribution in [1.29, 1.82) is 0 Å². The summed E-state index contributed by atoms with van der Waals surface area (Å²) in [6.45, 7) is 0.961. The van der Waals surface area contributed by atoms with Gasteiger partial charge in [0.1, 0.15) is 0 Å². The number of hydrogen-bond donors (Lipinski definition) is 0. The van der Waals surface area contributed by atoms with Crippen LogP contribution in [0.5, 0.6) is 0 Å². The van der Waals surface area contributed by atoms with Crippen LogP contribution in [-0.4, -0.2) is 48.6 Å². The minimum atomic E-state index is -3.66. The van der Waals surface area contributed by atoms with Crippen LogP contribution >= 0.6 is 0 Å². The van der Waals surface area contributed by atoms with E-state index in [2.05, 4.69) is 18.4 Å². The average molecular weight is 301 g/mol. The molecule has 0 aliphatic carbocycles. The third-order valence-corrected chi connectivity index (χ3v) is 2.98. The summed E-state index contributed by atoms with van der Waals surface area (Å²) in [7, 11) is -7.26. The minimum absolute atomic E-state index is 0.227. The second-order valence-electron chi connectivity index (χ2n) is 3.73. The second-order valence-corrected chi connectivity index (χ2v) is 7.01. The van der Waals surface area contributed by atoms with E-state index in [4.69, 9.17) is 5.53 Å². The smallest absolute Gasteiger partial charge is 0.264 e. The maximum Gasteiger partial charge on any atom is 0.264 e. The van der Waals surface area contributed by atoms with Crippen molar-refractivity contribution in [3.63, 3.8) is 0 Å². The van der Waals surface area contributed by atoms with Crippen molar-refractivity contribution in [3.8, 4) is 0 Å². The van der Waals surface area contributed by atoms with E-state index in [1.807, 2.05) is 0 Å². The maximum absolute atomic E-state index is 10.8. The molecule has 0 aromatic rings. The van der Waals surface area contributed by atoms with Gasteiger partial charge in [-0.2, -0.15) is 16.8 Å². The Morgan fingerprint density at radius 3 is 1.94 bits per heavy atom. The minimum Gasteiger partial charge on any atom is -0.270 e. The Bertz CT molecular complexity index is 507. The van der Waals surface area contributed by atoms with E-state index in [0.717, 1.165) is 12.5 Å². The summed E-state index contributed by atoms with van der Waals surface area (Å²) < 4.78 is 52.2. The van der Waals surface area contributed by atoms with Crippen molar-refractivity contribution in [2.45, 2.75) is 13.0 Å². The Hall–Kier alpha value is -0.870. The molecule has 0 fully saturated rings. The van der Waals surface area contributed by atoms with E-state index in [-0.39, 0.29) is 13.2 Å². The van der Waals surface area contributed by atoms with E-state index in [1.165, 1.54) is 0 Å². The van der Waals surface area contributed by atoms with Gasteiger partial charge in [-0.15, -0.1) is 0 Å². The highest BCUT2D eigenvalue weighted by atomic mass is 32.2. The lowest BCUT2D eigenvalue weighted by Crippen LogP contribution is -2.27. The van der Waals surface area contributed by atoms with Gasteiger partial charge >= 0.3 is 0 Å². The van der Waals surface area contributed by atoms with Gasteiger partial charge in [-0.1, -0.05) is 12.0 Å². The fourth-order valence-corrected chi connectivity index (χ4v) is 1.76. The number of hydrogen-bond acceptors (Lipinski definition) is 7. The zero-order chi connectivity index (χ0) is 14.4. The molecule has 0 aliphatic heterocycles. The Balaban J connectivity index is 4.54. The molecule has 0 bridgehead atoms. The number of rotatable bonds is 8. The maximum atomic E-state index is 10.8. The lowest BCUT2D eigenvalue weighted by atomic mass is 10.1. The van der Waals surface area contributed by atoms with Crippen molar-refractivity contribution < 1.29 is 25.2 Å². The highest BCUT2D eigenvalue weighted by Crippen LogP contribution is 2.11. The van der Waals surface area contributed by atoms with Crippen LogP contribution in [0.3, 0.4) is 0 Å². The number of azide groups is 1. The molecular formula is C7H15N3O6S2. The molecule has 0 aromatic carbocycles. The summed E-state index contributed by atoms with van der Waals surface area (Å²) >= 11 is 0. The van der Waals surface area contributed by atoms with Crippen LogP contribution in [0.2, 0.25) is 0 Å². The van der Waals surface area contributed by atoms with Crippen LogP contribution < -0.4 is 0 Å². The van der Waals surface area contributed by atoms with Gasteiger partial charge in [-0.3, -0.25) is 8.37 Å². The monoisotopic (exact) mass is 301 g/mol. The zero-order valence-electron chi connectivity index (χ0n) is 10.2. The molecule has 0 aliphatic rings. The van der Waals surface area contributed by atoms with E-state index in [9.17, 15) is 16.8 Å². The summed E-state index contributed by atoms with van der Waals surface area (Å²) in [5.74, 6) is -0.516. The summed E-state index contributed by atoms with van der Waals surface area (Å²) in [6.07, 6.45) is 1.74. The van der Waals surface area contributed by atoms with Crippen LogP contribution in [-0.2, 0) is 28.6 Å². The molecule has 18 heavy (non-hydrogen) atoms. The van der Waals surface area contributed by atoms with Crippen LogP contribution in [0.15, 0.2) is 5.11 Å². The van der Waals surface area contributed by atoms with E-state index < -0.39 is 32.2 Å². The highest BCUT2D eigenvalue weighted by molar-refractivity contribution is 7.86. The predicted octanol–water partition coefficient (Wildman–Crippen LogP) is 0.254. The summed E-state index contributed by atoms with van der Waals surface area (Å²) in [5, 5.41) is 3.34. The molecule has 0 aromatic heterocycles. The van der Waals surface area contributed by atoms with E-state index >= 15 is 0 Å². The molecular weight excluding hydrogens is 286 g/mol. The first-order chi connectivity index (χ1) is 8.05. The Labute approximate surface area is 106 Å². The van der Waals surface area contributed by atoms with Gasteiger partial charge in [0.15, 0.2) is 0 Å². The number of nitrogens with zero attached hydrogens (tertiary/aromatic N) is 3. The quantitative estimate of drug-likeness (QED) is 0.273. The van der Waals surface area contributed by atoms with Gasteiger partial charge in [-0.25, -0.2) is 0 Å². The van der Waals surface area contributed by atoms with Crippen molar-refractivity contribution in [1.82, 2.24) is 0 Å².